The number of hydrogen-bond acceptors (Lipinski definition) is 5. The Bertz CT molecular complexity index is 770. The molecule has 0 unspecified atom stereocenters. The van der Waals surface area contributed by atoms with Gasteiger partial charge in [-0.15, -0.1) is 5.10 Å². The number of nitrogens with zero attached hydrogens (tertiary/aromatic N) is 3. The molecule has 0 spiro atoms. The van der Waals surface area contributed by atoms with Gasteiger partial charge in [-0.1, -0.05) is 43.5 Å². The van der Waals surface area contributed by atoms with Crippen LogP contribution in [0.2, 0.25) is 0 Å². The molecule has 1 saturated heterocycles. The van der Waals surface area contributed by atoms with Gasteiger partial charge in [-0.25, -0.2) is 4.98 Å². The Labute approximate surface area is 160 Å². The molecular formula is C21H27N5O. The van der Waals surface area contributed by atoms with Crippen molar-refractivity contribution in [1.82, 2.24) is 20.5 Å². The van der Waals surface area contributed by atoms with E-state index in [-0.39, 0.29) is 11.9 Å². The molecular weight excluding hydrogens is 338 g/mol. The maximum Gasteiger partial charge on any atom is 0.243 e. The fraction of sp³-hybridized carbons (Fsp3) is 0.524. The molecule has 1 aromatic heterocycles. The van der Waals surface area contributed by atoms with Crippen LogP contribution in [-0.2, 0) is 4.79 Å². The number of carbonyl (C=O) groups is 1. The highest BCUT2D eigenvalue weighted by atomic mass is 16.2. The lowest BCUT2D eigenvalue weighted by Crippen LogP contribution is -2.38. The minimum absolute atomic E-state index is 0.0123. The summed E-state index contributed by atoms with van der Waals surface area (Å²) in [5.41, 5.74) is 3.23. The Balaban J connectivity index is 1.47. The van der Waals surface area contributed by atoms with E-state index >= 15 is 0 Å². The number of anilines is 1. The second-order valence-corrected chi connectivity index (χ2v) is 7.61. The summed E-state index contributed by atoms with van der Waals surface area (Å²) in [5.74, 6) is 1.12. The maximum atomic E-state index is 12.1. The van der Waals surface area contributed by atoms with E-state index in [2.05, 4.69) is 50.1 Å². The van der Waals surface area contributed by atoms with E-state index in [4.69, 9.17) is 0 Å². The topological polar surface area (TPSA) is 79.8 Å². The van der Waals surface area contributed by atoms with E-state index in [0.29, 0.717) is 11.9 Å². The first kappa shape index (κ1) is 17.9. The normalized spacial score (nSPS) is 21.3. The summed E-state index contributed by atoms with van der Waals surface area (Å²) in [6, 6.07) is 8.39. The van der Waals surface area contributed by atoms with Crippen LogP contribution in [-0.4, -0.2) is 33.7 Å². The molecule has 142 valence electrons. The highest BCUT2D eigenvalue weighted by Crippen LogP contribution is 2.33. The monoisotopic (exact) mass is 365 g/mol. The Morgan fingerprint density at radius 3 is 2.56 bits per heavy atom. The van der Waals surface area contributed by atoms with Gasteiger partial charge in [0.2, 0.25) is 11.9 Å². The van der Waals surface area contributed by atoms with Crippen LogP contribution in [0.4, 0.5) is 5.95 Å². The smallest absolute Gasteiger partial charge is 0.243 e. The molecule has 1 aromatic carbocycles. The highest BCUT2D eigenvalue weighted by Gasteiger charge is 2.21. The van der Waals surface area contributed by atoms with Crippen LogP contribution in [0, 0.1) is 0 Å². The van der Waals surface area contributed by atoms with Gasteiger partial charge in [-0.2, -0.15) is 5.10 Å². The molecule has 1 aliphatic heterocycles. The lowest BCUT2D eigenvalue weighted by Gasteiger charge is -2.22. The highest BCUT2D eigenvalue weighted by molar-refractivity contribution is 5.84. The summed E-state index contributed by atoms with van der Waals surface area (Å²) in [7, 11) is 0. The van der Waals surface area contributed by atoms with Crippen molar-refractivity contribution >= 4 is 11.9 Å². The van der Waals surface area contributed by atoms with Crippen LogP contribution in [0.5, 0.6) is 0 Å². The minimum atomic E-state index is -0.293. The average molecular weight is 365 g/mol. The molecule has 2 aliphatic rings. The molecule has 2 N–H and O–H groups in total. The Hall–Kier alpha value is -2.50. The molecule has 6 heteroatoms. The van der Waals surface area contributed by atoms with Crippen molar-refractivity contribution in [2.24, 2.45) is 0 Å². The van der Waals surface area contributed by atoms with Crippen molar-refractivity contribution in [3.8, 4) is 11.3 Å². The lowest BCUT2D eigenvalue weighted by atomic mass is 9.84. The molecule has 6 nitrogen and oxygen atoms in total. The predicted octanol–water partition coefficient (Wildman–Crippen LogP) is 3.67. The summed E-state index contributed by atoms with van der Waals surface area (Å²) in [5, 5.41) is 14.2. The Morgan fingerprint density at radius 1 is 0.963 bits per heavy atom. The molecule has 1 amide bonds. The molecule has 1 atom stereocenters. The predicted molar refractivity (Wildman–Crippen MR) is 105 cm³/mol. The van der Waals surface area contributed by atoms with Crippen LogP contribution in [0.15, 0.2) is 30.5 Å². The summed E-state index contributed by atoms with van der Waals surface area (Å²) < 4.78 is 0. The number of aromatic nitrogens is 3. The molecule has 0 bridgehead atoms. The third-order valence-electron chi connectivity index (χ3n) is 5.68. The van der Waals surface area contributed by atoms with Crippen molar-refractivity contribution in [3.05, 3.63) is 36.0 Å². The first-order valence-electron chi connectivity index (χ1n) is 10.1. The van der Waals surface area contributed by atoms with Crippen molar-refractivity contribution in [1.29, 1.82) is 0 Å². The zero-order valence-corrected chi connectivity index (χ0v) is 15.7. The molecule has 1 aliphatic carbocycles. The minimum Gasteiger partial charge on any atom is -0.354 e. The molecule has 2 fully saturated rings. The first-order chi connectivity index (χ1) is 13.3. The Kier molecular flexibility index (Phi) is 5.61. The first-order valence-corrected chi connectivity index (χ1v) is 10.1. The number of amides is 1. The van der Waals surface area contributed by atoms with E-state index in [9.17, 15) is 4.79 Å². The van der Waals surface area contributed by atoms with Gasteiger partial charge in [0, 0.05) is 12.1 Å². The van der Waals surface area contributed by atoms with Gasteiger partial charge in [-0.05, 0) is 43.6 Å². The molecule has 27 heavy (non-hydrogen) atoms. The number of rotatable bonds is 4. The van der Waals surface area contributed by atoms with Crippen molar-refractivity contribution in [2.45, 2.75) is 63.3 Å². The van der Waals surface area contributed by atoms with Gasteiger partial charge in [0.05, 0.1) is 11.9 Å². The zero-order chi connectivity index (χ0) is 18.5. The number of carbonyl (C=O) groups excluding carboxylic acids is 1. The van der Waals surface area contributed by atoms with E-state index < -0.39 is 0 Å². The second-order valence-electron chi connectivity index (χ2n) is 7.61. The average Bonchev–Trinajstić information content (AvgIpc) is 2.93. The summed E-state index contributed by atoms with van der Waals surface area (Å²) in [6.07, 6.45) is 11.1. The van der Waals surface area contributed by atoms with Crippen LogP contribution in [0.25, 0.3) is 11.3 Å². The fourth-order valence-corrected chi connectivity index (χ4v) is 4.10. The van der Waals surface area contributed by atoms with Crippen molar-refractivity contribution in [3.63, 3.8) is 0 Å². The quantitative estimate of drug-likeness (QED) is 0.864. The standard InChI is InChI=1S/C21H27N5O/c27-20-18(8-4-5-13-22-20)24-21-25-19(14-23-26-21)17-11-9-16(10-12-17)15-6-2-1-3-7-15/h9-12,14-15,18H,1-8,13H2,(H,22,27)(H,24,25,26)/t18-/m0/s1. The SMILES string of the molecule is O=C1NCCCC[C@@H]1Nc1nncc(-c2ccc(C3CCCCC3)cc2)n1. The Morgan fingerprint density at radius 2 is 1.74 bits per heavy atom. The van der Waals surface area contributed by atoms with Crippen LogP contribution in [0.1, 0.15) is 62.8 Å². The number of hydrogen-bond donors (Lipinski definition) is 2. The van der Waals surface area contributed by atoms with E-state index in [1.54, 1.807) is 6.20 Å². The second kappa shape index (κ2) is 8.46. The number of benzene rings is 1. The molecule has 2 heterocycles. The zero-order valence-electron chi connectivity index (χ0n) is 15.7. The van der Waals surface area contributed by atoms with Gasteiger partial charge in [0.25, 0.3) is 0 Å². The lowest BCUT2D eigenvalue weighted by molar-refractivity contribution is -0.121. The fourth-order valence-electron chi connectivity index (χ4n) is 4.10. The van der Waals surface area contributed by atoms with E-state index in [1.165, 1.54) is 37.7 Å². The maximum absolute atomic E-state index is 12.1. The summed E-state index contributed by atoms with van der Waals surface area (Å²) >= 11 is 0. The van der Waals surface area contributed by atoms with Crippen LogP contribution in [0.3, 0.4) is 0 Å². The van der Waals surface area contributed by atoms with Gasteiger partial charge < -0.3 is 10.6 Å². The van der Waals surface area contributed by atoms with Crippen LogP contribution < -0.4 is 10.6 Å². The third kappa shape index (κ3) is 4.43. The van der Waals surface area contributed by atoms with Gasteiger partial charge >= 0.3 is 0 Å². The van der Waals surface area contributed by atoms with Gasteiger partial charge in [-0.3, -0.25) is 4.79 Å². The summed E-state index contributed by atoms with van der Waals surface area (Å²) in [6.45, 7) is 0.740. The van der Waals surface area contributed by atoms with E-state index in [0.717, 1.165) is 37.1 Å². The van der Waals surface area contributed by atoms with Crippen LogP contribution >= 0.6 is 0 Å². The van der Waals surface area contributed by atoms with Gasteiger partial charge in [0.1, 0.15) is 6.04 Å². The molecule has 4 rings (SSSR count). The van der Waals surface area contributed by atoms with Gasteiger partial charge in [0.15, 0.2) is 0 Å². The van der Waals surface area contributed by atoms with Crippen molar-refractivity contribution in [2.75, 3.05) is 11.9 Å². The van der Waals surface area contributed by atoms with E-state index in [1.807, 2.05) is 0 Å². The molecule has 0 radical (unpaired) electrons. The molecule has 1 saturated carbocycles. The van der Waals surface area contributed by atoms with Crippen molar-refractivity contribution < 1.29 is 4.79 Å². The third-order valence-corrected chi connectivity index (χ3v) is 5.68. The number of nitrogens with one attached hydrogen (secondary N) is 2. The molecule has 2 aromatic rings. The summed E-state index contributed by atoms with van der Waals surface area (Å²) in [4.78, 5) is 16.7. The largest absolute Gasteiger partial charge is 0.354 e.